The number of aryl methyl sites for hydroxylation is 1. The molecule has 0 saturated heterocycles. The number of carbonyl (C=O) groups excluding carboxylic acids is 1. The zero-order chi connectivity index (χ0) is 17.1. The Morgan fingerprint density at radius 1 is 1.25 bits per heavy atom. The van der Waals surface area contributed by atoms with Crippen LogP contribution in [0.3, 0.4) is 0 Å². The molecular weight excluding hydrogens is 306 g/mol. The van der Waals surface area contributed by atoms with Crippen LogP contribution in [0.5, 0.6) is 5.75 Å². The largest absolute Gasteiger partial charge is 0.484 e. The Balaban J connectivity index is 1.66. The number of ether oxygens (including phenoxy) is 1. The molecule has 5 heteroatoms. The Bertz CT molecular complexity index is 790. The van der Waals surface area contributed by atoms with E-state index in [1.54, 1.807) is 12.1 Å². The predicted octanol–water partition coefficient (Wildman–Crippen LogP) is 3.27. The van der Waals surface area contributed by atoms with E-state index in [2.05, 4.69) is 0 Å². The van der Waals surface area contributed by atoms with Gasteiger partial charge in [-0.3, -0.25) is 4.79 Å². The first kappa shape index (κ1) is 16.6. The predicted molar refractivity (Wildman–Crippen MR) is 92.4 cm³/mol. The zero-order valence-corrected chi connectivity index (χ0v) is 14.2. The Labute approximate surface area is 141 Å². The van der Waals surface area contributed by atoms with Crippen LogP contribution in [-0.4, -0.2) is 30.5 Å². The molecule has 1 aliphatic carbocycles. The van der Waals surface area contributed by atoms with E-state index in [0.29, 0.717) is 17.4 Å². The van der Waals surface area contributed by atoms with Gasteiger partial charge in [-0.25, -0.2) is 4.79 Å². The number of nitrogens with zero attached hydrogens (tertiary/aromatic N) is 1. The summed E-state index contributed by atoms with van der Waals surface area (Å²) in [6.07, 6.45) is 5.78. The standard InChI is InChI=1S/C19H23NO4/c1-13-10-19(22)24-17-11-15(8-9-16(13)17)23-12-18(21)20(2)14-6-4-3-5-7-14/h8-11,14H,3-7,12H2,1-2H3. The van der Waals surface area contributed by atoms with Gasteiger partial charge >= 0.3 is 5.63 Å². The van der Waals surface area contributed by atoms with Crippen molar-refractivity contribution in [1.29, 1.82) is 0 Å². The highest BCUT2D eigenvalue weighted by Gasteiger charge is 2.22. The van der Waals surface area contributed by atoms with Gasteiger partial charge in [0.15, 0.2) is 6.61 Å². The van der Waals surface area contributed by atoms with E-state index < -0.39 is 0 Å². The minimum atomic E-state index is -0.384. The number of fused-ring (bicyclic) bond motifs is 1. The summed E-state index contributed by atoms with van der Waals surface area (Å²) in [4.78, 5) is 25.6. The molecule has 1 amide bonds. The van der Waals surface area contributed by atoms with Crippen LogP contribution in [0.4, 0.5) is 0 Å². The summed E-state index contributed by atoms with van der Waals surface area (Å²) in [5.74, 6) is 0.509. The maximum absolute atomic E-state index is 12.3. The molecule has 1 saturated carbocycles. The van der Waals surface area contributed by atoms with Gasteiger partial charge in [-0.05, 0) is 37.5 Å². The summed E-state index contributed by atoms with van der Waals surface area (Å²) in [5, 5.41) is 0.868. The summed E-state index contributed by atoms with van der Waals surface area (Å²) >= 11 is 0. The van der Waals surface area contributed by atoms with Gasteiger partial charge in [0.25, 0.3) is 5.91 Å². The lowest BCUT2D eigenvalue weighted by molar-refractivity contribution is -0.134. The van der Waals surface area contributed by atoms with E-state index in [-0.39, 0.29) is 18.1 Å². The van der Waals surface area contributed by atoms with Gasteiger partial charge in [-0.1, -0.05) is 19.3 Å². The lowest BCUT2D eigenvalue weighted by Gasteiger charge is -2.31. The van der Waals surface area contributed by atoms with Crippen LogP contribution in [0.2, 0.25) is 0 Å². The Morgan fingerprint density at radius 2 is 2.00 bits per heavy atom. The fourth-order valence-electron chi connectivity index (χ4n) is 3.31. The van der Waals surface area contributed by atoms with Crippen molar-refractivity contribution >= 4 is 16.9 Å². The van der Waals surface area contributed by atoms with Crippen molar-refractivity contribution in [2.45, 2.75) is 45.1 Å². The molecule has 24 heavy (non-hydrogen) atoms. The quantitative estimate of drug-likeness (QED) is 0.808. The SMILES string of the molecule is Cc1cc(=O)oc2cc(OCC(=O)N(C)C3CCCCC3)ccc12. The summed E-state index contributed by atoms with van der Waals surface area (Å²) in [6.45, 7) is 1.86. The molecule has 5 nitrogen and oxygen atoms in total. The van der Waals surface area contributed by atoms with E-state index in [1.165, 1.54) is 25.3 Å². The number of benzene rings is 1. The van der Waals surface area contributed by atoms with Crippen molar-refractivity contribution in [3.05, 3.63) is 40.2 Å². The summed E-state index contributed by atoms with van der Waals surface area (Å²) in [7, 11) is 1.85. The fourth-order valence-corrected chi connectivity index (χ4v) is 3.31. The first-order chi connectivity index (χ1) is 11.5. The third kappa shape index (κ3) is 3.61. The fraction of sp³-hybridized carbons (Fsp3) is 0.474. The van der Waals surface area contributed by atoms with E-state index in [0.717, 1.165) is 23.8 Å². The van der Waals surface area contributed by atoms with Crippen molar-refractivity contribution < 1.29 is 13.9 Å². The van der Waals surface area contributed by atoms with Crippen LogP contribution in [0.15, 0.2) is 33.5 Å². The third-order valence-corrected chi connectivity index (χ3v) is 4.80. The highest BCUT2D eigenvalue weighted by Crippen LogP contribution is 2.23. The van der Waals surface area contributed by atoms with E-state index >= 15 is 0 Å². The molecule has 128 valence electrons. The van der Waals surface area contributed by atoms with E-state index in [4.69, 9.17) is 9.15 Å². The Morgan fingerprint density at radius 3 is 2.75 bits per heavy atom. The van der Waals surface area contributed by atoms with Gasteiger partial charge in [-0.15, -0.1) is 0 Å². The third-order valence-electron chi connectivity index (χ3n) is 4.80. The van der Waals surface area contributed by atoms with Crippen LogP contribution < -0.4 is 10.4 Å². The molecule has 0 atom stereocenters. The normalized spacial score (nSPS) is 15.4. The monoisotopic (exact) mass is 329 g/mol. The van der Waals surface area contributed by atoms with Gasteiger partial charge in [0.2, 0.25) is 0 Å². The van der Waals surface area contributed by atoms with Crippen molar-refractivity contribution in [2.75, 3.05) is 13.7 Å². The minimum Gasteiger partial charge on any atom is -0.484 e. The number of rotatable bonds is 4. The van der Waals surface area contributed by atoms with Gasteiger partial charge < -0.3 is 14.1 Å². The van der Waals surface area contributed by atoms with E-state index in [1.807, 2.05) is 24.9 Å². The molecule has 1 aliphatic rings. The number of likely N-dealkylation sites (N-methyl/N-ethyl adjacent to an activating group) is 1. The van der Waals surface area contributed by atoms with Gasteiger partial charge in [0, 0.05) is 30.6 Å². The molecule has 0 aliphatic heterocycles. The number of hydrogen-bond acceptors (Lipinski definition) is 4. The molecule has 3 rings (SSSR count). The second kappa shape index (κ2) is 7.07. The molecule has 1 aromatic carbocycles. The van der Waals surface area contributed by atoms with Crippen LogP contribution in [0, 0.1) is 6.92 Å². The van der Waals surface area contributed by atoms with Gasteiger partial charge in [0.05, 0.1) is 0 Å². The molecule has 2 aromatic rings. The lowest BCUT2D eigenvalue weighted by atomic mass is 9.94. The van der Waals surface area contributed by atoms with Crippen LogP contribution in [0.25, 0.3) is 11.0 Å². The molecule has 0 radical (unpaired) electrons. The van der Waals surface area contributed by atoms with Gasteiger partial charge in [-0.2, -0.15) is 0 Å². The van der Waals surface area contributed by atoms with Crippen molar-refractivity contribution in [3.63, 3.8) is 0 Å². The number of hydrogen-bond donors (Lipinski definition) is 0. The number of amides is 1. The highest BCUT2D eigenvalue weighted by atomic mass is 16.5. The molecule has 1 fully saturated rings. The van der Waals surface area contributed by atoms with Crippen molar-refractivity contribution in [2.24, 2.45) is 0 Å². The first-order valence-corrected chi connectivity index (χ1v) is 8.47. The smallest absolute Gasteiger partial charge is 0.336 e. The molecular formula is C19H23NO4. The first-order valence-electron chi connectivity index (χ1n) is 8.47. The second-order valence-electron chi connectivity index (χ2n) is 6.49. The van der Waals surface area contributed by atoms with Crippen molar-refractivity contribution in [1.82, 2.24) is 4.90 Å². The molecule has 0 unspecified atom stereocenters. The summed E-state index contributed by atoms with van der Waals surface area (Å²) < 4.78 is 10.8. The Hall–Kier alpha value is -2.30. The second-order valence-corrected chi connectivity index (χ2v) is 6.49. The highest BCUT2D eigenvalue weighted by molar-refractivity contribution is 5.81. The summed E-state index contributed by atoms with van der Waals surface area (Å²) in [5.41, 5.74) is 0.955. The van der Waals surface area contributed by atoms with Gasteiger partial charge in [0.1, 0.15) is 11.3 Å². The van der Waals surface area contributed by atoms with Crippen molar-refractivity contribution in [3.8, 4) is 5.75 Å². The number of carbonyl (C=O) groups is 1. The zero-order valence-electron chi connectivity index (χ0n) is 14.2. The maximum atomic E-state index is 12.3. The minimum absolute atomic E-state index is 0.00540. The maximum Gasteiger partial charge on any atom is 0.336 e. The molecule has 0 spiro atoms. The van der Waals surface area contributed by atoms with Crippen LogP contribution in [0.1, 0.15) is 37.7 Å². The van der Waals surface area contributed by atoms with Crippen LogP contribution >= 0.6 is 0 Å². The topological polar surface area (TPSA) is 59.8 Å². The molecule has 1 aromatic heterocycles. The molecule has 1 heterocycles. The van der Waals surface area contributed by atoms with E-state index in [9.17, 15) is 9.59 Å². The Kier molecular flexibility index (Phi) is 4.88. The lowest BCUT2D eigenvalue weighted by Crippen LogP contribution is -2.40. The average molecular weight is 329 g/mol. The molecule has 0 bridgehead atoms. The summed E-state index contributed by atoms with van der Waals surface area (Å²) in [6, 6.07) is 7.09. The van der Waals surface area contributed by atoms with Crippen LogP contribution in [-0.2, 0) is 4.79 Å². The average Bonchev–Trinajstić information content (AvgIpc) is 2.59. The molecule has 0 N–H and O–H groups in total.